The third-order valence-electron chi connectivity index (χ3n) is 15.4. The van der Waals surface area contributed by atoms with E-state index >= 15 is 0 Å². The van der Waals surface area contributed by atoms with Gasteiger partial charge in [0, 0.05) is 12.8 Å². The monoisotopic (exact) mass is 990 g/mol. The summed E-state index contributed by atoms with van der Waals surface area (Å²) in [6.45, 7) is 4.98. The van der Waals surface area contributed by atoms with Crippen molar-refractivity contribution >= 4 is 11.9 Å². The Bertz CT molecular complexity index is 1010. The second kappa shape index (κ2) is 60.4. The Kier molecular flexibility index (Phi) is 59.4. The van der Waals surface area contributed by atoms with E-state index in [4.69, 9.17) is 4.74 Å². The molecule has 0 aromatic rings. The van der Waals surface area contributed by atoms with Gasteiger partial charge in [-0.15, -0.1) is 0 Å². The van der Waals surface area contributed by atoms with Gasteiger partial charge in [-0.1, -0.05) is 335 Å². The van der Waals surface area contributed by atoms with Crippen LogP contribution in [0.3, 0.4) is 0 Å². The second-order valence-corrected chi connectivity index (χ2v) is 22.5. The van der Waals surface area contributed by atoms with Gasteiger partial charge in [-0.3, -0.25) is 9.59 Å². The largest absolute Gasteiger partial charge is 0.466 e. The molecule has 0 aromatic carbocycles. The van der Waals surface area contributed by atoms with E-state index in [0.717, 1.165) is 44.9 Å². The first kappa shape index (κ1) is 68.9. The predicted octanol–water partition coefficient (Wildman–Crippen LogP) is 20.3. The normalized spacial score (nSPS) is 12.5. The number of aliphatic hydroxyl groups excluding tert-OH is 2. The molecule has 0 aromatic heterocycles. The molecule has 70 heavy (non-hydrogen) atoms. The summed E-state index contributed by atoms with van der Waals surface area (Å²) in [7, 11) is 0. The number of aliphatic hydroxyl groups is 2. The van der Waals surface area contributed by atoms with Crippen molar-refractivity contribution < 1.29 is 24.5 Å². The predicted molar refractivity (Wildman–Crippen MR) is 306 cm³/mol. The molecular formula is C64H127NO5. The Hall–Kier alpha value is -1.14. The van der Waals surface area contributed by atoms with E-state index in [2.05, 4.69) is 19.2 Å². The van der Waals surface area contributed by atoms with Crippen LogP contribution in [0.15, 0.2) is 0 Å². The third-order valence-corrected chi connectivity index (χ3v) is 15.4. The molecule has 0 heterocycles. The van der Waals surface area contributed by atoms with E-state index in [1.165, 1.54) is 295 Å². The first-order valence-electron chi connectivity index (χ1n) is 32.3. The highest BCUT2D eigenvalue weighted by Crippen LogP contribution is 2.19. The van der Waals surface area contributed by atoms with Gasteiger partial charge in [0.2, 0.25) is 5.91 Å². The van der Waals surface area contributed by atoms with Gasteiger partial charge < -0.3 is 20.3 Å². The molecule has 2 unspecified atom stereocenters. The molecule has 418 valence electrons. The number of rotatable bonds is 61. The van der Waals surface area contributed by atoms with Crippen LogP contribution in [-0.4, -0.2) is 47.4 Å². The number of unbranched alkanes of at least 4 members (excludes halogenated alkanes) is 50. The Balaban J connectivity index is 3.41. The standard InChI is InChI=1S/C64H127NO5/c1-3-5-7-9-11-13-15-17-18-19-20-21-22-23-24-25-26-27-30-33-36-40-44-48-52-56-62(67)61(60-66)65-63(68)57-53-49-45-41-37-34-31-28-29-32-35-39-43-47-51-55-59-70-64(69)58-54-50-46-42-38-16-14-12-10-8-6-4-2/h61-62,66-67H,3-60H2,1-2H3,(H,65,68). The van der Waals surface area contributed by atoms with Gasteiger partial charge in [0.05, 0.1) is 25.4 Å². The highest BCUT2D eigenvalue weighted by molar-refractivity contribution is 5.76. The van der Waals surface area contributed by atoms with Crippen LogP contribution in [0, 0.1) is 0 Å². The molecule has 2 atom stereocenters. The number of nitrogens with one attached hydrogen (secondary N) is 1. The maximum absolute atomic E-state index is 12.5. The number of hydrogen-bond donors (Lipinski definition) is 3. The minimum Gasteiger partial charge on any atom is -0.466 e. The first-order valence-corrected chi connectivity index (χ1v) is 32.3. The van der Waals surface area contributed by atoms with E-state index in [-0.39, 0.29) is 18.5 Å². The van der Waals surface area contributed by atoms with Gasteiger partial charge in [-0.2, -0.15) is 0 Å². The molecule has 0 radical (unpaired) electrons. The second-order valence-electron chi connectivity index (χ2n) is 22.5. The highest BCUT2D eigenvalue weighted by Gasteiger charge is 2.20. The van der Waals surface area contributed by atoms with E-state index < -0.39 is 12.1 Å². The lowest BCUT2D eigenvalue weighted by atomic mass is 10.0. The number of esters is 1. The van der Waals surface area contributed by atoms with Gasteiger partial charge in [0.25, 0.3) is 0 Å². The molecule has 0 aliphatic carbocycles. The van der Waals surface area contributed by atoms with E-state index in [9.17, 15) is 19.8 Å². The van der Waals surface area contributed by atoms with Crippen LogP contribution in [0.2, 0.25) is 0 Å². The molecule has 1 amide bonds. The maximum atomic E-state index is 12.5. The topological polar surface area (TPSA) is 95.9 Å². The molecule has 0 fully saturated rings. The van der Waals surface area contributed by atoms with Crippen molar-refractivity contribution in [1.29, 1.82) is 0 Å². The molecule has 6 nitrogen and oxygen atoms in total. The maximum Gasteiger partial charge on any atom is 0.305 e. The Morgan fingerprint density at radius 3 is 0.871 bits per heavy atom. The Morgan fingerprint density at radius 2 is 0.586 bits per heavy atom. The number of amides is 1. The van der Waals surface area contributed by atoms with Crippen molar-refractivity contribution in [3.63, 3.8) is 0 Å². The van der Waals surface area contributed by atoms with Crippen molar-refractivity contribution in [3.8, 4) is 0 Å². The number of carbonyl (C=O) groups excluding carboxylic acids is 2. The lowest BCUT2D eigenvalue weighted by molar-refractivity contribution is -0.143. The van der Waals surface area contributed by atoms with Crippen LogP contribution >= 0.6 is 0 Å². The van der Waals surface area contributed by atoms with Crippen LogP contribution in [0.1, 0.15) is 373 Å². The molecule has 0 saturated carbocycles. The quantitative estimate of drug-likeness (QED) is 0.0417. The SMILES string of the molecule is CCCCCCCCCCCCCCCCCCCCCCCCCCCC(O)C(CO)NC(=O)CCCCCCCCCCCCCCCCCCOC(=O)CCCCCCCCCCCCCC. The third kappa shape index (κ3) is 56.2. The van der Waals surface area contributed by atoms with Crippen molar-refractivity contribution in [3.05, 3.63) is 0 Å². The molecule has 6 heteroatoms. The average molecular weight is 991 g/mol. The van der Waals surface area contributed by atoms with Gasteiger partial charge in [-0.05, 0) is 25.7 Å². The molecule has 0 bridgehead atoms. The summed E-state index contributed by atoms with van der Waals surface area (Å²) in [5.74, 6) is -0.0308. The van der Waals surface area contributed by atoms with Crippen LogP contribution in [-0.2, 0) is 14.3 Å². The fourth-order valence-corrected chi connectivity index (χ4v) is 10.5. The molecule has 0 spiro atoms. The van der Waals surface area contributed by atoms with Crippen molar-refractivity contribution in [1.82, 2.24) is 5.32 Å². The molecule has 0 aliphatic heterocycles. The summed E-state index contributed by atoms with van der Waals surface area (Å²) in [6.07, 6.45) is 71.2. The number of ether oxygens (including phenoxy) is 1. The van der Waals surface area contributed by atoms with Crippen LogP contribution in [0.25, 0.3) is 0 Å². The Morgan fingerprint density at radius 1 is 0.343 bits per heavy atom. The van der Waals surface area contributed by atoms with E-state index in [1.807, 2.05) is 0 Å². The summed E-state index contributed by atoms with van der Waals surface area (Å²) in [5, 5.41) is 23.4. The van der Waals surface area contributed by atoms with Crippen LogP contribution < -0.4 is 5.32 Å². The molecule has 0 rings (SSSR count). The summed E-state index contributed by atoms with van der Waals surface area (Å²) < 4.78 is 5.47. The van der Waals surface area contributed by atoms with Gasteiger partial charge in [0.15, 0.2) is 0 Å². The molecule has 3 N–H and O–H groups in total. The molecule has 0 saturated heterocycles. The van der Waals surface area contributed by atoms with Gasteiger partial charge in [-0.25, -0.2) is 0 Å². The van der Waals surface area contributed by atoms with Crippen LogP contribution in [0.4, 0.5) is 0 Å². The zero-order valence-corrected chi connectivity index (χ0v) is 47.8. The fraction of sp³-hybridized carbons (Fsp3) is 0.969. The van der Waals surface area contributed by atoms with Gasteiger partial charge >= 0.3 is 5.97 Å². The summed E-state index contributed by atoms with van der Waals surface area (Å²) in [6, 6.07) is -0.547. The lowest BCUT2D eigenvalue weighted by Gasteiger charge is -2.22. The molecule has 0 aliphatic rings. The van der Waals surface area contributed by atoms with Crippen molar-refractivity contribution in [2.45, 2.75) is 386 Å². The smallest absolute Gasteiger partial charge is 0.305 e. The van der Waals surface area contributed by atoms with E-state index in [0.29, 0.717) is 25.9 Å². The Labute approximate surface area is 438 Å². The first-order chi connectivity index (χ1) is 34.5. The summed E-state index contributed by atoms with van der Waals surface area (Å²) in [5.41, 5.74) is 0. The minimum absolute atomic E-state index is 0.00548. The van der Waals surface area contributed by atoms with Crippen molar-refractivity contribution in [2.24, 2.45) is 0 Å². The summed E-state index contributed by atoms with van der Waals surface area (Å²) in [4.78, 5) is 24.6. The van der Waals surface area contributed by atoms with E-state index in [1.54, 1.807) is 0 Å². The zero-order valence-electron chi connectivity index (χ0n) is 47.8. The zero-order chi connectivity index (χ0) is 50.7. The minimum atomic E-state index is -0.669. The fourth-order valence-electron chi connectivity index (χ4n) is 10.5. The van der Waals surface area contributed by atoms with Crippen LogP contribution in [0.5, 0.6) is 0 Å². The highest BCUT2D eigenvalue weighted by atomic mass is 16.5. The van der Waals surface area contributed by atoms with Crippen molar-refractivity contribution in [2.75, 3.05) is 13.2 Å². The average Bonchev–Trinajstić information content (AvgIpc) is 3.36. The number of carbonyl (C=O) groups is 2. The molecular weight excluding hydrogens is 863 g/mol. The number of hydrogen-bond acceptors (Lipinski definition) is 5. The summed E-state index contributed by atoms with van der Waals surface area (Å²) >= 11 is 0. The lowest BCUT2D eigenvalue weighted by Crippen LogP contribution is -2.45. The van der Waals surface area contributed by atoms with Gasteiger partial charge in [0.1, 0.15) is 0 Å².